The van der Waals surface area contributed by atoms with E-state index in [9.17, 15) is 9.59 Å². The van der Waals surface area contributed by atoms with E-state index in [1.54, 1.807) is 36.2 Å². The van der Waals surface area contributed by atoms with Crippen LogP contribution in [0.15, 0.2) is 24.3 Å². The van der Waals surface area contributed by atoms with E-state index in [2.05, 4.69) is 10.6 Å². The van der Waals surface area contributed by atoms with Crippen molar-refractivity contribution in [1.82, 2.24) is 10.2 Å². The first-order chi connectivity index (χ1) is 10.1. The zero-order valence-electron chi connectivity index (χ0n) is 12.3. The zero-order chi connectivity index (χ0) is 15.7. The Morgan fingerprint density at radius 1 is 1.29 bits per heavy atom. The Hall–Kier alpha value is -2.39. The zero-order valence-corrected chi connectivity index (χ0v) is 12.3. The first-order valence-corrected chi connectivity index (χ1v) is 6.81. The summed E-state index contributed by atoms with van der Waals surface area (Å²) in [6, 6.07) is 8.87. The molecule has 6 heteroatoms. The van der Waals surface area contributed by atoms with Crippen LogP contribution >= 0.6 is 0 Å². The van der Waals surface area contributed by atoms with Crippen molar-refractivity contribution in [3.05, 3.63) is 29.8 Å². The van der Waals surface area contributed by atoms with Gasteiger partial charge in [-0.1, -0.05) is 12.1 Å². The average molecular weight is 288 g/mol. The lowest BCUT2D eigenvalue weighted by Crippen LogP contribution is -2.36. The predicted octanol–water partition coefficient (Wildman–Crippen LogP) is 0.955. The number of nitriles is 1. The fourth-order valence-corrected chi connectivity index (χ4v) is 1.77. The minimum absolute atomic E-state index is 0.0600. The molecule has 1 rings (SSSR count). The fraction of sp³-hybridized carbons (Fsp3) is 0.400. The molecular weight excluding hydrogens is 268 g/mol. The first-order valence-electron chi connectivity index (χ1n) is 6.81. The number of nitrogens with zero attached hydrogens (tertiary/aromatic N) is 2. The molecule has 0 heterocycles. The van der Waals surface area contributed by atoms with Gasteiger partial charge in [-0.05, 0) is 26.1 Å². The van der Waals surface area contributed by atoms with Crippen LogP contribution in [-0.4, -0.2) is 43.4 Å². The number of hydrogen-bond donors (Lipinski definition) is 2. The summed E-state index contributed by atoms with van der Waals surface area (Å²) in [6.07, 6.45) is 0.260. The van der Waals surface area contributed by atoms with E-state index >= 15 is 0 Å². The van der Waals surface area contributed by atoms with Gasteiger partial charge in [-0.25, -0.2) is 0 Å². The summed E-state index contributed by atoms with van der Waals surface area (Å²) in [7, 11) is 1.78. The van der Waals surface area contributed by atoms with E-state index in [4.69, 9.17) is 5.26 Å². The molecule has 2 amide bonds. The van der Waals surface area contributed by atoms with Gasteiger partial charge < -0.3 is 10.6 Å². The lowest BCUT2D eigenvalue weighted by atomic mass is 10.2. The third kappa shape index (κ3) is 6.06. The second-order valence-electron chi connectivity index (χ2n) is 4.65. The van der Waals surface area contributed by atoms with Gasteiger partial charge >= 0.3 is 0 Å². The Kier molecular flexibility index (Phi) is 6.92. The molecule has 6 nitrogen and oxygen atoms in total. The van der Waals surface area contributed by atoms with Crippen LogP contribution in [0.2, 0.25) is 0 Å². The maximum absolute atomic E-state index is 11.8. The number of hydrogen-bond acceptors (Lipinski definition) is 4. The summed E-state index contributed by atoms with van der Waals surface area (Å²) < 4.78 is 0. The second-order valence-corrected chi connectivity index (χ2v) is 4.65. The molecule has 0 atom stereocenters. The Morgan fingerprint density at radius 3 is 2.67 bits per heavy atom. The first kappa shape index (κ1) is 16.7. The van der Waals surface area contributed by atoms with Gasteiger partial charge in [0.1, 0.15) is 6.07 Å². The minimum Gasteiger partial charge on any atom is -0.355 e. The number of anilines is 1. The van der Waals surface area contributed by atoms with E-state index in [0.29, 0.717) is 24.3 Å². The monoisotopic (exact) mass is 288 g/mol. The van der Waals surface area contributed by atoms with Gasteiger partial charge in [-0.2, -0.15) is 5.26 Å². The third-order valence-electron chi connectivity index (χ3n) is 2.83. The van der Waals surface area contributed by atoms with E-state index in [-0.39, 0.29) is 24.8 Å². The molecule has 2 N–H and O–H groups in total. The van der Waals surface area contributed by atoms with Crippen molar-refractivity contribution in [1.29, 1.82) is 5.26 Å². The highest BCUT2D eigenvalue weighted by atomic mass is 16.2. The Balaban J connectivity index is 2.41. The summed E-state index contributed by atoms with van der Waals surface area (Å²) in [5.41, 5.74) is 0.943. The molecule has 0 saturated carbocycles. The normalized spacial score (nSPS) is 10.0. The van der Waals surface area contributed by atoms with Gasteiger partial charge in [0, 0.05) is 19.5 Å². The highest BCUT2D eigenvalue weighted by Crippen LogP contribution is 2.13. The maximum atomic E-state index is 11.8. The van der Waals surface area contributed by atoms with E-state index in [1.165, 1.54) is 0 Å². The maximum Gasteiger partial charge on any atom is 0.234 e. The van der Waals surface area contributed by atoms with Crippen molar-refractivity contribution in [3.63, 3.8) is 0 Å². The van der Waals surface area contributed by atoms with Gasteiger partial charge in [0.05, 0.1) is 17.8 Å². The summed E-state index contributed by atoms with van der Waals surface area (Å²) in [6.45, 7) is 3.18. The average Bonchev–Trinajstić information content (AvgIpc) is 2.46. The lowest BCUT2D eigenvalue weighted by molar-refractivity contribution is -0.122. The van der Waals surface area contributed by atoms with Gasteiger partial charge in [0.25, 0.3) is 0 Å². The minimum atomic E-state index is -0.180. The van der Waals surface area contributed by atoms with Crippen molar-refractivity contribution in [2.75, 3.05) is 32.0 Å². The van der Waals surface area contributed by atoms with Gasteiger partial charge in [0.15, 0.2) is 0 Å². The molecule has 112 valence electrons. The van der Waals surface area contributed by atoms with Crippen molar-refractivity contribution < 1.29 is 9.59 Å². The number of para-hydroxylation sites is 1. The molecule has 0 aliphatic rings. The largest absolute Gasteiger partial charge is 0.355 e. The highest BCUT2D eigenvalue weighted by Gasteiger charge is 2.09. The number of benzene rings is 1. The van der Waals surface area contributed by atoms with Crippen molar-refractivity contribution in [2.45, 2.75) is 13.3 Å². The number of amides is 2. The SMILES string of the molecule is CCNC(=O)CN(C)CCC(=O)Nc1ccccc1C#N. The molecule has 0 aromatic heterocycles. The van der Waals surface area contributed by atoms with Crippen LogP contribution in [0.1, 0.15) is 18.9 Å². The Bertz CT molecular complexity index is 537. The van der Waals surface area contributed by atoms with E-state index < -0.39 is 0 Å². The van der Waals surface area contributed by atoms with Gasteiger partial charge in [0.2, 0.25) is 11.8 Å². The molecule has 0 bridgehead atoms. The van der Waals surface area contributed by atoms with Crippen molar-refractivity contribution in [2.24, 2.45) is 0 Å². The quantitative estimate of drug-likeness (QED) is 0.782. The van der Waals surface area contributed by atoms with Crippen LogP contribution in [0.5, 0.6) is 0 Å². The number of likely N-dealkylation sites (N-methyl/N-ethyl adjacent to an activating group) is 2. The van der Waals surface area contributed by atoms with Crippen LogP contribution in [0.25, 0.3) is 0 Å². The van der Waals surface area contributed by atoms with Crippen LogP contribution in [-0.2, 0) is 9.59 Å². The fourth-order valence-electron chi connectivity index (χ4n) is 1.77. The predicted molar refractivity (Wildman–Crippen MR) is 80.6 cm³/mol. The van der Waals surface area contributed by atoms with E-state index in [0.717, 1.165) is 0 Å². The number of carbonyl (C=O) groups excluding carboxylic acids is 2. The highest BCUT2D eigenvalue weighted by molar-refractivity contribution is 5.92. The Labute approximate surface area is 124 Å². The number of rotatable bonds is 7. The molecule has 0 unspecified atom stereocenters. The molecule has 1 aromatic rings. The van der Waals surface area contributed by atoms with E-state index in [1.807, 2.05) is 13.0 Å². The topological polar surface area (TPSA) is 85.2 Å². The van der Waals surface area contributed by atoms with Crippen LogP contribution < -0.4 is 10.6 Å². The number of carbonyl (C=O) groups is 2. The molecule has 0 aliphatic carbocycles. The lowest BCUT2D eigenvalue weighted by Gasteiger charge is -2.15. The smallest absolute Gasteiger partial charge is 0.234 e. The molecule has 0 saturated heterocycles. The summed E-state index contributed by atoms with van der Waals surface area (Å²) in [4.78, 5) is 25.0. The van der Waals surface area contributed by atoms with Crippen LogP contribution in [0, 0.1) is 11.3 Å². The summed E-state index contributed by atoms with van der Waals surface area (Å²) in [5, 5.41) is 14.4. The van der Waals surface area contributed by atoms with Crippen LogP contribution in [0.4, 0.5) is 5.69 Å². The molecular formula is C15H20N4O2. The van der Waals surface area contributed by atoms with Crippen molar-refractivity contribution >= 4 is 17.5 Å². The molecule has 0 spiro atoms. The number of nitrogens with one attached hydrogen (secondary N) is 2. The molecule has 21 heavy (non-hydrogen) atoms. The molecule has 0 fully saturated rings. The Morgan fingerprint density at radius 2 is 2.00 bits per heavy atom. The van der Waals surface area contributed by atoms with Crippen molar-refractivity contribution in [3.8, 4) is 6.07 Å². The van der Waals surface area contributed by atoms with Crippen LogP contribution in [0.3, 0.4) is 0 Å². The van der Waals surface area contributed by atoms with Gasteiger partial charge in [-0.15, -0.1) is 0 Å². The molecule has 1 aromatic carbocycles. The standard InChI is InChI=1S/C15H20N4O2/c1-3-17-15(21)11-19(2)9-8-14(20)18-13-7-5-4-6-12(13)10-16/h4-7H,3,8-9,11H2,1-2H3,(H,17,21)(H,18,20). The molecule has 0 radical (unpaired) electrons. The summed E-state index contributed by atoms with van der Waals surface area (Å²) >= 11 is 0. The molecule has 0 aliphatic heterocycles. The summed E-state index contributed by atoms with van der Waals surface area (Å²) in [5.74, 6) is -0.240. The van der Waals surface area contributed by atoms with Gasteiger partial charge in [-0.3, -0.25) is 14.5 Å². The second kappa shape index (κ2) is 8.72. The third-order valence-corrected chi connectivity index (χ3v) is 2.83.